The second kappa shape index (κ2) is 5.39. The highest BCUT2D eigenvalue weighted by Crippen LogP contribution is 2.21. The molecule has 0 saturated heterocycles. The van der Waals surface area contributed by atoms with Gasteiger partial charge in [0.1, 0.15) is 17.2 Å². The highest BCUT2D eigenvalue weighted by Gasteiger charge is 2.11. The first-order valence-corrected chi connectivity index (χ1v) is 5.45. The summed E-state index contributed by atoms with van der Waals surface area (Å²) in [4.78, 5) is 26.1. The molecule has 0 aliphatic carbocycles. The van der Waals surface area contributed by atoms with E-state index in [4.69, 9.17) is 0 Å². The third-order valence-electron chi connectivity index (χ3n) is 2.54. The second-order valence-electron chi connectivity index (χ2n) is 3.78. The van der Waals surface area contributed by atoms with E-state index in [0.29, 0.717) is 17.4 Å². The van der Waals surface area contributed by atoms with Gasteiger partial charge in [0.15, 0.2) is 6.29 Å². The van der Waals surface area contributed by atoms with Gasteiger partial charge in [0.05, 0.1) is 7.11 Å². The molecule has 1 aromatic carbocycles. The molecule has 19 heavy (non-hydrogen) atoms. The number of hydrogen-bond donors (Lipinski definition) is 0. The Balaban J connectivity index is 2.53. The molecule has 2 rings (SSSR count). The van der Waals surface area contributed by atoms with E-state index in [1.165, 1.54) is 31.4 Å². The lowest BCUT2D eigenvalue weighted by atomic mass is 10.0. The zero-order valence-corrected chi connectivity index (χ0v) is 10.1. The first-order chi connectivity index (χ1) is 9.13. The molecule has 0 aliphatic heterocycles. The summed E-state index contributed by atoms with van der Waals surface area (Å²) in [7, 11) is 1.23. The van der Waals surface area contributed by atoms with Crippen LogP contribution in [0.3, 0.4) is 0 Å². The second-order valence-corrected chi connectivity index (χ2v) is 3.78. The van der Waals surface area contributed by atoms with E-state index in [0.717, 1.165) is 0 Å². The Bertz CT molecular complexity index is 623. The van der Waals surface area contributed by atoms with Crippen LogP contribution < -0.4 is 0 Å². The molecule has 0 spiro atoms. The van der Waals surface area contributed by atoms with Gasteiger partial charge in [-0.2, -0.15) is 0 Å². The number of carbonyl (C=O) groups excluding carboxylic acids is 2. The highest BCUT2D eigenvalue weighted by molar-refractivity contribution is 5.90. The van der Waals surface area contributed by atoms with Crippen molar-refractivity contribution in [2.75, 3.05) is 7.11 Å². The maximum absolute atomic E-state index is 12.9. The first-order valence-electron chi connectivity index (χ1n) is 5.45. The van der Waals surface area contributed by atoms with Crippen LogP contribution in [0.1, 0.15) is 21.0 Å². The Labute approximate surface area is 108 Å². The molecule has 0 N–H and O–H groups in total. The van der Waals surface area contributed by atoms with Crippen LogP contribution in [0.4, 0.5) is 4.39 Å². The zero-order chi connectivity index (χ0) is 13.8. The van der Waals surface area contributed by atoms with Gasteiger partial charge in [0.25, 0.3) is 0 Å². The maximum atomic E-state index is 12.9. The standard InChI is InChI=1S/C14H10FNO3/c1-19-14(18)13-7-10(6-12(8-17)16-13)9-2-4-11(15)5-3-9/h2-8H,1H3. The molecule has 5 heteroatoms. The maximum Gasteiger partial charge on any atom is 0.356 e. The molecule has 0 bridgehead atoms. The van der Waals surface area contributed by atoms with Crippen LogP contribution in [0.15, 0.2) is 36.4 Å². The Hall–Kier alpha value is -2.56. The highest BCUT2D eigenvalue weighted by atomic mass is 19.1. The van der Waals surface area contributed by atoms with Gasteiger partial charge in [-0.25, -0.2) is 14.2 Å². The van der Waals surface area contributed by atoms with Gasteiger partial charge in [-0.1, -0.05) is 12.1 Å². The number of hydrogen-bond acceptors (Lipinski definition) is 4. The molecule has 0 radical (unpaired) electrons. The monoisotopic (exact) mass is 259 g/mol. The van der Waals surface area contributed by atoms with E-state index in [2.05, 4.69) is 9.72 Å². The minimum absolute atomic E-state index is 0.0337. The Morgan fingerprint density at radius 2 is 1.89 bits per heavy atom. The predicted octanol–water partition coefficient (Wildman–Crippen LogP) is 2.49. The minimum atomic E-state index is -0.632. The normalized spacial score (nSPS) is 10.0. The van der Waals surface area contributed by atoms with E-state index in [-0.39, 0.29) is 17.2 Å². The third kappa shape index (κ3) is 2.82. The Morgan fingerprint density at radius 3 is 2.47 bits per heavy atom. The van der Waals surface area contributed by atoms with Crippen molar-refractivity contribution in [2.45, 2.75) is 0 Å². The molecule has 96 valence electrons. The lowest BCUT2D eigenvalue weighted by molar-refractivity contribution is 0.0594. The van der Waals surface area contributed by atoms with Gasteiger partial charge in [-0.3, -0.25) is 4.79 Å². The summed E-state index contributed by atoms with van der Waals surface area (Å²) in [5.41, 5.74) is 1.42. The summed E-state index contributed by atoms with van der Waals surface area (Å²) in [6, 6.07) is 8.72. The van der Waals surface area contributed by atoms with E-state index in [1.807, 2.05) is 0 Å². The van der Waals surface area contributed by atoms with Gasteiger partial charge >= 0.3 is 5.97 Å². The molecule has 4 nitrogen and oxygen atoms in total. The van der Waals surface area contributed by atoms with Crippen molar-refractivity contribution in [3.63, 3.8) is 0 Å². The topological polar surface area (TPSA) is 56.3 Å². The fraction of sp³-hybridized carbons (Fsp3) is 0.0714. The Kier molecular flexibility index (Phi) is 3.66. The summed E-state index contributed by atoms with van der Waals surface area (Å²) in [5, 5.41) is 0. The summed E-state index contributed by atoms with van der Waals surface area (Å²) >= 11 is 0. The number of halogens is 1. The average molecular weight is 259 g/mol. The van der Waals surface area contributed by atoms with Crippen LogP contribution in [-0.2, 0) is 4.74 Å². The lowest BCUT2D eigenvalue weighted by Gasteiger charge is -2.05. The van der Waals surface area contributed by atoms with Gasteiger partial charge < -0.3 is 4.74 Å². The van der Waals surface area contributed by atoms with Crippen LogP contribution in [0.5, 0.6) is 0 Å². The van der Waals surface area contributed by atoms with Gasteiger partial charge in [-0.05, 0) is 35.4 Å². The minimum Gasteiger partial charge on any atom is -0.464 e. The van der Waals surface area contributed by atoms with Crippen molar-refractivity contribution >= 4 is 12.3 Å². The van der Waals surface area contributed by atoms with Gasteiger partial charge in [0.2, 0.25) is 0 Å². The molecular weight excluding hydrogens is 249 g/mol. The summed E-state index contributed by atoms with van der Waals surface area (Å²) in [6.07, 6.45) is 0.541. The molecular formula is C14H10FNO3. The van der Waals surface area contributed by atoms with Crippen LogP contribution >= 0.6 is 0 Å². The molecule has 0 fully saturated rings. The number of carbonyl (C=O) groups is 2. The number of rotatable bonds is 3. The number of ether oxygens (including phenoxy) is 1. The predicted molar refractivity (Wildman–Crippen MR) is 66.4 cm³/mol. The average Bonchev–Trinajstić information content (AvgIpc) is 2.46. The van der Waals surface area contributed by atoms with Gasteiger partial charge in [-0.15, -0.1) is 0 Å². The summed E-state index contributed by atoms with van der Waals surface area (Å²) < 4.78 is 17.4. The largest absolute Gasteiger partial charge is 0.464 e. The number of methoxy groups -OCH3 is 1. The van der Waals surface area contributed by atoms with Crippen molar-refractivity contribution in [1.29, 1.82) is 0 Å². The van der Waals surface area contributed by atoms with Crippen LogP contribution in [0.25, 0.3) is 11.1 Å². The molecule has 0 amide bonds. The van der Waals surface area contributed by atoms with Crippen molar-refractivity contribution in [3.8, 4) is 11.1 Å². The SMILES string of the molecule is COC(=O)c1cc(-c2ccc(F)cc2)cc(C=O)n1. The fourth-order valence-electron chi connectivity index (χ4n) is 1.63. The quantitative estimate of drug-likeness (QED) is 0.627. The van der Waals surface area contributed by atoms with E-state index in [9.17, 15) is 14.0 Å². The van der Waals surface area contributed by atoms with Gasteiger partial charge in [0, 0.05) is 0 Å². The molecule has 0 saturated carbocycles. The molecule has 0 aliphatic rings. The lowest BCUT2D eigenvalue weighted by Crippen LogP contribution is -2.06. The van der Waals surface area contributed by atoms with Crippen molar-refractivity contribution in [2.24, 2.45) is 0 Å². The van der Waals surface area contributed by atoms with Crippen LogP contribution in [0, 0.1) is 5.82 Å². The van der Waals surface area contributed by atoms with Crippen LogP contribution in [-0.4, -0.2) is 24.3 Å². The zero-order valence-electron chi connectivity index (χ0n) is 10.1. The van der Waals surface area contributed by atoms with Crippen molar-refractivity contribution in [1.82, 2.24) is 4.98 Å². The molecule has 1 aromatic heterocycles. The summed E-state index contributed by atoms with van der Waals surface area (Å²) in [6.45, 7) is 0. The van der Waals surface area contributed by atoms with E-state index < -0.39 is 5.97 Å². The third-order valence-corrected chi connectivity index (χ3v) is 2.54. The fourth-order valence-corrected chi connectivity index (χ4v) is 1.63. The molecule has 2 aromatic rings. The molecule has 0 unspecified atom stereocenters. The first kappa shape index (κ1) is 12.9. The van der Waals surface area contributed by atoms with E-state index >= 15 is 0 Å². The van der Waals surface area contributed by atoms with Crippen molar-refractivity contribution in [3.05, 3.63) is 53.6 Å². The smallest absolute Gasteiger partial charge is 0.356 e. The van der Waals surface area contributed by atoms with E-state index in [1.54, 1.807) is 12.1 Å². The molecule has 1 heterocycles. The number of pyridine rings is 1. The Morgan fingerprint density at radius 1 is 1.21 bits per heavy atom. The number of benzene rings is 1. The summed E-state index contributed by atoms with van der Waals surface area (Å²) in [5.74, 6) is -0.992. The molecule has 0 atom stereocenters. The number of esters is 1. The van der Waals surface area contributed by atoms with Crippen LogP contribution in [0.2, 0.25) is 0 Å². The number of aromatic nitrogens is 1. The van der Waals surface area contributed by atoms with Crippen molar-refractivity contribution < 1.29 is 18.7 Å². The number of aldehydes is 1. The number of nitrogens with zero attached hydrogens (tertiary/aromatic N) is 1.